The smallest absolute Gasteiger partial charge is 0.270 e. The first kappa shape index (κ1) is 17.5. The van der Waals surface area contributed by atoms with E-state index in [0.717, 1.165) is 38.4 Å². The van der Waals surface area contributed by atoms with E-state index in [9.17, 15) is 4.79 Å². The highest BCUT2D eigenvalue weighted by molar-refractivity contribution is 7.09. The third-order valence-corrected chi connectivity index (χ3v) is 5.65. The summed E-state index contributed by atoms with van der Waals surface area (Å²) < 4.78 is 0. The van der Waals surface area contributed by atoms with E-state index < -0.39 is 0 Å². The van der Waals surface area contributed by atoms with Crippen molar-refractivity contribution in [2.45, 2.75) is 32.7 Å². The van der Waals surface area contributed by atoms with Crippen LogP contribution >= 0.6 is 22.9 Å². The SMILES string of the molecule is CC(C)(C)c1nc(CN2CCN(C(=O)c3cc(Cl)c[nH]3)CC2)cs1. The molecule has 1 saturated heterocycles. The van der Waals surface area contributed by atoms with Crippen LogP contribution in [-0.4, -0.2) is 51.9 Å². The zero-order valence-electron chi connectivity index (χ0n) is 14.3. The van der Waals surface area contributed by atoms with Gasteiger partial charge in [-0.1, -0.05) is 32.4 Å². The fourth-order valence-corrected chi connectivity index (χ4v) is 3.79. The van der Waals surface area contributed by atoms with Crippen LogP contribution in [0.15, 0.2) is 17.6 Å². The summed E-state index contributed by atoms with van der Waals surface area (Å²) in [4.78, 5) is 24.3. The van der Waals surface area contributed by atoms with E-state index in [1.807, 2.05) is 4.90 Å². The van der Waals surface area contributed by atoms with Crippen molar-refractivity contribution in [3.63, 3.8) is 0 Å². The lowest BCUT2D eigenvalue weighted by Crippen LogP contribution is -2.48. The number of hydrogen-bond acceptors (Lipinski definition) is 4. The number of piperazine rings is 1. The molecule has 0 radical (unpaired) electrons. The number of thiazole rings is 1. The number of nitrogens with zero attached hydrogens (tertiary/aromatic N) is 3. The molecular weight excluding hydrogens is 344 g/mol. The van der Waals surface area contributed by atoms with Gasteiger partial charge in [0.15, 0.2) is 0 Å². The van der Waals surface area contributed by atoms with Crippen LogP contribution in [0.5, 0.6) is 0 Å². The lowest BCUT2D eigenvalue weighted by atomic mass is 9.98. The van der Waals surface area contributed by atoms with Crippen molar-refractivity contribution in [2.75, 3.05) is 26.2 Å². The van der Waals surface area contributed by atoms with Gasteiger partial charge in [-0.15, -0.1) is 11.3 Å². The standard InChI is InChI=1S/C17H23ClN4OS/c1-17(2,3)16-20-13(11-24-16)10-21-4-6-22(7-5-21)15(23)14-8-12(18)9-19-14/h8-9,11,19H,4-7,10H2,1-3H3. The molecule has 0 aliphatic carbocycles. The molecule has 3 heterocycles. The van der Waals surface area contributed by atoms with Crippen LogP contribution in [0, 0.1) is 0 Å². The van der Waals surface area contributed by atoms with Gasteiger partial charge in [0.2, 0.25) is 0 Å². The number of H-pyrrole nitrogens is 1. The number of amides is 1. The second-order valence-corrected chi connectivity index (χ2v) is 8.49. The normalized spacial score (nSPS) is 16.6. The van der Waals surface area contributed by atoms with Crippen molar-refractivity contribution < 1.29 is 4.79 Å². The molecule has 2 aromatic rings. The van der Waals surface area contributed by atoms with Gasteiger partial charge in [-0.3, -0.25) is 9.69 Å². The molecule has 0 saturated carbocycles. The van der Waals surface area contributed by atoms with Gasteiger partial charge in [0.1, 0.15) is 5.69 Å². The van der Waals surface area contributed by atoms with Crippen molar-refractivity contribution in [2.24, 2.45) is 0 Å². The van der Waals surface area contributed by atoms with Crippen LogP contribution in [0.3, 0.4) is 0 Å². The van der Waals surface area contributed by atoms with E-state index in [1.54, 1.807) is 23.6 Å². The Bertz CT molecular complexity index is 710. The van der Waals surface area contributed by atoms with Crippen LogP contribution in [0.2, 0.25) is 5.02 Å². The Hall–Kier alpha value is -1.37. The lowest BCUT2D eigenvalue weighted by molar-refractivity contribution is 0.0622. The van der Waals surface area contributed by atoms with Gasteiger partial charge in [0.05, 0.1) is 15.7 Å². The first-order valence-corrected chi connectivity index (χ1v) is 9.39. The quantitative estimate of drug-likeness (QED) is 0.905. The highest BCUT2D eigenvalue weighted by atomic mass is 35.5. The van der Waals surface area contributed by atoms with E-state index in [-0.39, 0.29) is 11.3 Å². The molecule has 0 unspecified atom stereocenters. The molecule has 5 nitrogen and oxygen atoms in total. The van der Waals surface area contributed by atoms with Crippen molar-refractivity contribution in [3.8, 4) is 0 Å². The highest BCUT2D eigenvalue weighted by Gasteiger charge is 2.24. The molecule has 24 heavy (non-hydrogen) atoms. The second-order valence-electron chi connectivity index (χ2n) is 7.19. The Kier molecular flexibility index (Phi) is 4.99. The molecule has 1 amide bonds. The number of nitrogens with one attached hydrogen (secondary N) is 1. The van der Waals surface area contributed by atoms with Gasteiger partial charge in [-0.25, -0.2) is 4.98 Å². The summed E-state index contributed by atoms with van der Waals surface area (Å²) in [6.07, 6.45) is 1.64. The molecule has 0 atom stereocenters. The molecule has 1 aliphatic rings. The third-order valence-electron chi connectivity index (χ3n) is 4.12. The van der Waals surface area contributed by atoms with Gasteiger partial charge in [0.25, 0.3) is 5.91 Å². The molecule has 2 aromatic heterocycles. The van der Waals surface area contributed by atoms with Crippen LogP contribution in [0.1, 0.15) is 42.0 Å². The lowest BCUT2D eigenvalue weighted by Gasteiger charge is -2.34. The summed E-state index contributed by atoms with van der Waals surface area (Å²) >= 11 is 7.61. The predicted octanol–water partition coefficient (Wildman–Crippen LogP) is 3.38. The summed E-state index contributed by atoms with van der Waals surface area (Å²) in [5.74, 6) is 0.0187. The predicted molar refractivity (Wildman–Crippen MR) is 97.8 cm³/mol. The second kappa shape index (κ2) is 6.86. The summed E-state index contributed by atoms with van der Waals surface area (Å²) in [6.45, 7) is 10.6. The minimum atomic E-state index is 0.0187. The number of carbonyl (C=O) groups excluding carboxylic acids is 1. The van der Waals surface area contributed by atoms with Gasteiger partial charge < -0.3 is 9.88 Å². The number of aromatic nitrogens is 2. The van der Waals surface area contributed by atoms with Crippen molar-refractivity contribution in [3.05, 3.63) is 39.1 Å². The Morgan fingerprint density at radius 2 is 2.04 bits per heavy atom. The maximum atomic E-state index is 12.4. The van der Waals surface area contributed by atoms with E-state index in [0.29, 0.717) is 10.7 Å². The first-order valence-electron chi connectivity index (χ1n) is 8.13. The van der Waals surface area contributed by atoms with Gasteiger partial charge in [0, 0.05) is 49.7 Å². The van der Waals surface area contributed by atoms with Crippen LogP contribution in [-0.2, 0) is 12.0 Å². The third kappa shape index (κ3) is 3.99. The maximum Gasteiger partial charge on any atom is 0.270 e. The van der Waals surface area contributed by atoms with E-state index in [1.165, 1.54) is 5.01 Å². The van der Waals surface area contributed by atoms with Crippen molar-refractivity contribution >= 4 is 28.8 Å². The molecule has 0 aromatic carbocycles. The number of carbonyl (C=O) groups is 1. The van der Waals surface area contributed by atoms with Crippen LogP contribution < -0.4 is 0 Å². The summed E-state index contributed by atoms with van der Waals surface area (Å²) in [5.41, 5.74) is 1.79. The average molecular weight is 367 g/mol. The van der Waals surface area contributed by atoms with Gasteiger partial charge in [-0.2, -0.15) is 0 Å². The number of aromatic amines is 1. The Morgan fingerprint density at radius 3 is 2.58 bits per heavy atom. The van der Waals surface area contributed by atoms with Crippen molar-refractivity contribution in [1.82, 2.24) is 19.8 Å². The van der Waals surface area contributed by atoms with Crippen LogP contribution in [0.25, 0.3) is 0 Å². The molecule has 7 heteroatoms. The average Bonchev–Trinajstić information content (AvgIpc) is 3.16. The zero-order chi connectivity index (χ0) is 17.3. The fourth-order valence-electron chi connectivity index (χ4n) is 2.72. The van der Waals surface area contributed by atoms with Crippen molar-refractivity contribution in [1.29, 1.82) is 0 Å². The molecule has 1 aliphatic heterocycles. The van der Waals surface area contributed by atoms with E-state index in [4.69, 9.17) is 16.6 Å². The topological polar surface area (TPSA) is 52.2 Å². The fraction of sp³-hybridized carbons (Fsp3) is 0.529. The number of hydrogen-bond donors (Lipinski definition) is 1. The Balaban J connectivity index is 1.54. The highest BCUT2D eigenvalue weighted by Crippen LogP contribution is 2.26. The molecule has 1 N–H and O–H groups in total. The minimum Gasteiger partial charge on any atom is -0.356 e. The van der Waals surface area contributed by atoms with Crippen LogP contribution in [0.4, 0.5) is 0 Å². The number of rotatable bonds is 3. The Labute approximate surface area is 151 Å². The minimum absolute atomic E-state index is 0.0187. The van der Waals surface area contributed by atoms with Gasteiger partial charge in [-0.05, 0) is 6.07 Å². The van der Waals surface area contributed by atoms with E-state index >= 15 is 0 Å². The molecule has 0 spiro atoms. The largest absolute Gasteiger partial charge is 0.356 e. The van der Waals surface area contributed by atoms with Gasteiger partial charge >= 0.3 is 0 Å². The molecule has 130 valence electrons. The summed E-state index contributed by atoms with van der Waals surface area (Å²) in [6, 6.07) is 1.68. The molecule has 1 fully saturated rings. The monoisotopic (exact) mass is 366 g/mol. The summed E-state index contributed by atoms with van der Waals surface area (Å²) in [5, 5.41) is 3.89. The molecular formula is C17H23ClN4OS. The zero-order valence-corrected chi connectivity index (χ0v) is 15.9. The summed E-state index contributed by atoms with van der Waals surface area (Å²) in [7, 11) is 0. The molecule has 3 rings (SSSR count). The maximum absolute atomic E-state index is 12.4. The first-order chi connectivity index (χ1) is 11.3. The Morgan fingerprint density at radius 1 is 1.33 bits per heavy atom. The molecule has 0 bridgehead atoms. The number of halogens is 1. The van der Waals surface area contributed by atoms with E-state index in [2.05, 4.69) is 36.0 Å².